The van der Waals surface area contributed by atoms with Crippen molar-refractivity contribution in [2.75, 3.05) is 11.9 Å². The molecule has 1 rings (SSSR count). The second kappa shape index (κ2) is 8.36. The van der Waals surface area contributed by atoms with Crippen molar-refractivity contribution < 1.29 is 23.9 Å². The largest absolute Gasteiger partial charge is 0.456 e. The average molecular weight is 625 g/mol. The molecule has 0 fully saturated rings. The summed E-state index contributed by atoms with van der Waals surface area (Å²) in [4.78, 5) is 44.4. The van der Waals surface area contributed by atoms with Crippen molar-refractivity contribution in [1.82, 2.24) is 0 Å². The van der Waals surface area contributed by atoms with Crippen molar-refractivity contribution in [1.29, 1.82) is 0 Å². The van der Waals surface area contributed by atoms with Crippen LogP contribution in [0.25, 0.3) is 0 Å². The molecule has 0 bridgehead atoms. The molecule has 0 saturated carbocycles. The maximum Gasteiger partial charge on any atom is 0.303 e. The second-order valence-electron chi connectivity index (χ2n) is 3.60. The predicted octanol–water partition coefficient (Wildman–Crippen LogP) is 1.92. The van der Waals surface area contributed by atoms with Gasteiger partial charge in [0.1, 0.15) is 0 Å². The van der Waals surface area contributed by atoms with Crippen molar-refractivity contribution in [2.45, 2.75) is 6.92 Å². The molecule has 0 aliphatic heterocycles. The molecule has 9 heteroatoms. The van der Waals surface area contributed by atoms with Gasteiger partial charge in [-0.25, -0.2) is 0 Å². The Hall–Kier alpha value is -0.310. The minimum absolute atomic E-state index is 0.178. The molecule has 0 unspecified atom stereocenters. The number of esters is 1. The molecule has 0 aliphatic carbocycles. The quantitative estimate of drug-likeness (QED) is 0.400. The molecule has 2 radical (unpaired) electrons. The van der Waals surface area contributed by atoms with E-state index in [1.54, 1.807) is 12.6 Å². The first-order valence-electron chi connectivity index (χ1n) is 5.23. The highest BCUT2D eigenvalue weighted by molar-refractivity contribution is 14.1. The van der Waals surface area contributed by atoms with Gasteiger partial charge in [-0.15, -0.1) is 0 Å². The van der Waals surface area contributed by atoms with Crippen molar-refractivity contribution in [2.24, 2.45) is 0 Å². The molecule has 1 N–H and O–H groups in total. The lowest BCUT2D eigenvalue weighted by atomic mass is 10.1. The summed E-state index contributed by atoms with van der Waals surface area (Å²) in [5.74, 6) is -1.16. The van der Waals surface area contributed by atoms with Gasteiger partial charge in [0, 0.05) is 10.5 Å². The Morgan fingerprint density at radius 3 is 1.90 bits per heavy atom. The summed E-state index contributed by atoms with van der Waals surface area (Å²) in [7, 11) is 0. The normalized spacial score (nSPS) is 9.90. The van der Waals surface area contributed by atoms with Crippen LogP contribution in [0, 0.1) is 10.7 Å². The number of benzene rings is 1. The molecule has 0 atom stereocenters. The van der Waals surface area contributed by atoms with E-state index in [1.807, 2.05) is 67.8 Å². The third-order valence-electron chi connectivity index (χ3n) is 2.19. The minimum atomic E-state index is -0.582. The van der Waals surface area contributed by atoms with Gasteiger partial charge < -0.3 is 10.1 Å². The standard InChI is InChI=1S/C12H6I3NO5/c1-5(19)21-4-8(20)16-12-10(14)6(2-17)9(13)7(3-18)11(12)15/h4H2,1H3,(H,16,20). The van der Waals surface area contributed by atoms with Gasteiger partial charge >= 0.3 is 5.97 Å². The number of hydrogen-bond acceptors (Lipinski definition) is 5. The number of carbonyl (C=O) groups excluding carboxylic acids is 4. The monoisotopic (exact) mass is 625 g/mol. The Bertz CT molecular complexity index is 595. The number of anilines is 1. The van der Waals surface area contributed by atoms with E-state index >= 15 is 0 Å². The maximum absolute atomic E-state index is 11.7. The summed E-state index contributed by atoms with van der Waals surface area (Å²) in [6.45, 7) is 0.734. The Kier molecular flexibility index (Phi) is 7.46. The van der Waals surface area contributed by atoms with Crippen LogP contribution in [0.15, 0.2) is 0 Å². The fourth-order valence-corrected chi connectivity index (χ4v) is 5.17. The molecule has 110 valence electrons. The lowest BCUT2D eigenvalue weighted by molar-refractivity contribution is -0.144. The molecule has 0 heterocycles. The van der Waals surface area contributed by atoms with Crippen molar-refractivity contribution in [3.8, 4) is 0 Å². The maximum atomic E-state index is 11.7. The highest BCUT2D eigenvalue weighted by Gasteiger charge is 2.22. The van der Waals surface area contributed by atoms with E-state index in [0.717, 1.165) is 0 Å². The van der Waals surface area contributed by atoms with Gasteiger partial charge in [0.25, 0.3) is 5.91 Å². The van der Waals surface area contributed by atoms with Crippen LogP contribution < -0.4 is 5.32 Å². The first kappa shape index (κ1) is 18.7. The Morgan fingerprint density at radius 1 is 1.05 bits per heavy atom. The molecular formula is C12H6I3NO5. The molecule has 6 nitrogen and oxygen atoms in total. The zero-order valence-corrected chi connectivity index (χ0v) is 16.9. The zero-order valence-electron chi connectivity index (χ0n) is 10.4. The number of ether oxygens (including phenoxy) is 1. The molecule has 1 amide bonds. The number of halogens is 3. The number of amides is 1. The molecule has 0 spiro atoms. The van der Waals surface area contributed by atoms with Gasteiger partial charge in [-0.05, 0) is 67.8 Å². The number of nitrogens with one attached hydrogen (secondary N) is 1. The fourth-order valence-electron chi connectivity index (χ4n) is 1.30. The topological polar surface area (TPSA) is 89.5 Å². The van der Waals surface area contributed by atoms with Gasteiger partial charge in [0.15, 0.2) is 6.61 Å². The molecule has 1 aromatic carbocycles. The van der Waals surface area contributed by atoms with E-state index in [4.69, 9.17) is 0 Å². The van der Waals surface area contributed by atoms with Gasteiger partial charge in [0.2, 0.25) is 12.6 Å². The molecule has 0 saturated heterocycles. The molecule has 0 aromatic heterocycles. The van der Waals surface area contributed by atoms with Crippen LogP contribution in [-0.4, -0.2) is 31.1 Å². The smallest absolute Gasteiger partial charge is 0.303 e. The predicted molar refractivity (Wildman–Crippen MR) is 99.4 cm³/mol. The van der Waals surface area contributed by atoms with Gasteiger partial charge in [-0.1, -0.05) is 0 Å². The highest BCUT2D eigenvalue weighted by atomic mass is 127. The van der Waals surface area contributed by atoms with E-state index < -0.39 is 18.5 Å². The third-order valence-corrected chi connectivity index (χ3v) is 5.43. The van der Waals surface area contributed by atoms with Crippen LogP contribution in [0.1, 0.15) is 18.1 Å². The van der Waals surface area contributed by atoms with Crippen molar-refractivity contribution >= 4 is 97.9 Å². The summed E-state index contributed by atoms with van der Waals surface area (Å²) < 4.78 is 5.90. The Labute approximate surface area is 161 Å². The van der Waals surface area contributed by atoms with Crippen LogP contribution in [-0.2, 0) is 23.9 Å². The molecular weight excluding hydrogens is 619 g/mol. The summed E-state index contributed by atoms with van der Waals surface area (Å²) in [6.07, 6.45) is 3.49. The van der Waals surface area contributed by atoms with E-state index in [0.29, 0.717) is 16.4 Å². The van der Waals surface area contributed by atoms with Crippen LogP contribution in [0.4, 0.5) is 5.69 Å². The SMILES string of the molecule is CC(=O)OCC(=O)Nc1c(I)c([C]=O)c(I)c([C]=O)c1I. The first-order chi connectivity index (χ1) is 9.83. The Balaban J connectivity index is 3.23. The van der Waals surface area contributed by atoms with E-state index in [2.05, 4.69) is 10.1 Å². The van der Waals surface area contributed by atoms with E-state index in [9.17, 15) is 19.2 Å². The summed E-state index contributed by atoms with van der Waals surface area (Å²) in [6, 6.07) is 0. The van der Waals surface area contributed by atoms with Gasteiger partial charge in [-0.2, -0.15) is 0 Å². The van der Waals surface area contributed by atoms with Crippen molar-refractivity contribution in [3.63, 3.8) is 0 Å². The highest BCUT2D eigenvalue weighted by Crippen LogP contribution is 2.33. The molecule has 21 heavy (non-hydrogen) atoms. The van der Waals surface area contributed by atoms with Crippen LogP contribution in [0.3, 0.4) is 0 Å². The van der Waals surface area contributed by atoms with Crippen LogP contribution >= 0.6 is 67.8 Å². The summed E-state index contributed by atoms with van der Waals surface area (Å²) >= 11 is 5.60. The van der Waals surface area contributed by atoms with Gasteiger partial charge in [0.05, 0.1) is 24.0 Å². The zero-order chi connectivity index (χ0) is 16.2. The number of carbonyl (C=O) groups is 2. The second-order valence-corrected chi connectivity index (χ2v) is 6.84. The van der Waals surface area contributed by atoms with E-state index in [-0.39, 0.29) is 11.1 Å². The Morgan fingerprint density at radius 2 is 1.52 bits per heavy atom. The summed E-state index contributed by atoms with van der Waals surface area (Å²) in [5, 5.41) is 2.52. The molecule has 0 aliphatic rings. The summed E-state index contributed by atoms with van der Waals surface area (Å²) in [5.41, 5.74) is 0.654. The molecule has 1 aromatic rings. The number of hydrogen-bond donors (Lipinski definition) is 1. The van der Waals surface area contributed by atoms with Gasteiger partial charge in [-0.3, -0.25) is 19.2 Å². The number of rotatable bonds is 5. The first-order valence-corrected chi connectivity index (χ1v) is 8.47. The lowest BCUT2D eigenvalue weighted by Crippen LogP contribution is -2.22. The minimum Gasteiger partial charge on any atom is -0.456 e. The average Bonchev–Trinajstić information content (AvgIpc) is 2.42. The lowest BCUT2D eigenvalue weighted by Gasteiger charge is -2.14. The van der Waals surface area contributed by atoms with Crippen LogP contribution in [0.5, 0.6) is 0 Å². The van der Waals surface area contributed by atoms with E-state index in [1.165, 1.54) is 6.92 Å². The van der Waals surface area contributed by atoms with Crippen LogP contribution in [0.2, 0.25) is 0 Å². The van der Waals surface area contributed by atoms with Crippen molar-refractivity contribution in [3.05, 3.63) is 21.8 Å². The third kappa shape index (κ3) is 4.58. The fraction of sp³-hybridized carbons (Fsp3) is 0.167.